The van der Waals surface area contributed by atoms with Gasteiger partial charge in [-0.2, -0.15) is 0 Å². The van der Waals surface area contributed by atoms with Crippen molar-refractivity contribution in [2.24, 2.45) is 0 Å². The smallest absolute Gasteiger partial charge is 0.221 e. The minimum absolute atomic E-state index is 0.0903. The monoisotopic (exact) mass is 147 g/mol. The summed E-state index contributed by atoms with van der Waals surface area (Å²) in [5.41, 5.74) is -0.125. The molecule has 0 aromatic heterocycles. The molecule has 1 fully saturated rings. The molecule has 1 atom stereocenters. The van der Waals surface area contributed by atoms with Gasteiger partial charge in [-0.25, -0.2) is 0 Å². The van der Waals surface area contributed by atoms with Crippen LogP contribution in [0.2, 0.25) is 0 Å². The quantitative estimate of drug-likeness (QED) is 0.406. The van der Waals surface area contributed by atoms with Gasteiger partial charge in [0.15, 0.2) is 0 Å². The van der Waals surface area contributed by atoms with Crippen LogP contribution in [0.4, 0.5) is 0 Å². The molecule has 0 radical (unpaired) electrons. The first kappa shape index (κ1) is 6.87. The fraction of sp³-hybridized carbons (Fsp3) is 0.833. The summed E-state index contributed by atoms with van der Waals surface area (Å²) in [4.78, 5) is 10.7. The van der Waals surface area contributed by atoms with Crippen LogP contribution in [0.1, 0.15) is 25.7 Å². The van der Waals surface area contributed by atoms with Crippen LogP contribution >= 0.6 is 11.6 Å². The van der Waals surface area contributed by atoms with Crippen LogP contribution in [-0.4, -0.2) is 11.4 Å². The van der Waals surface area contributed by atoms with E-state index in [1.54, 1.807) is 0 Å². The Bertz CT molecular complexity index is 116. The first-order chi connectivity index (χ1) is 4.29. The van der Waals surface area contributed by atoms with Crippen molar-refractivity contribution in [2.45, 2.75) is 31.2 Å². The molecule has 0 aromatic rings. The van der Waals surface area contributed by atoms with Crippen LogP contribution in [0.5, 0.6) is 0 Å². The Labute approximate surface area is 59.6 Å². The number of carbonyl (C=O) groups is 1. The fourth-order valence-corrected chi connectivity index (χ4v) is 1.20. The Morgan fingerprint density at radius 2 is 2.33 bits per heavy atom. The lowest BCUT2D eigenvalue weighted by atomic mass is 10.2. The van der Waals surface area contributed by atoms with E-state index >= 15 is 0 Å². The normalized spacial score (nSPS) is 29.0. The maximum atomic E-state index is 10.7. The summed E-state index contributed by atoms with van der Waals surface area (Å²) in [7, 11) is 0. The maximum Gasteiger partial charge on any atom is 0.221 e. The van der Waals surface area contributed by atoms with Crippen LogP contribution in [0, 0.1) is 0 Å². The van der Waals surface area contributed by atoms with Gasteiger partial charge in [0, 0.05) is 6.42 Å². The molecule has 1 saturated heterocycles. The highest BCUT2D eigenvalue weighted by molar-refractivity contribution is 6.21. The molecule has 2 nitrogen and oxygen atoms in total. The van der Waals surface area contributed by atoms with Gasteiger partial charge < -0.3 is 5.32 Å². The average Bonchev–Trinajstić information content (AvgIpc) is 1.93. The number of nitrogens with one attached hydrogen (secondary N) is 1. The van der Waals surface area contributed by atoms with E-state index in [0.717, 1.165) is 19.3 Å². The molecular formula is C6H10ClNO. The summed E-state index contributed by atoms with van der Waals surface area (Å²) in [6.07, 6.45) is 3.60. The Hall–Kier alpha value is -0.240. The number of hydrogen-bond donors (Lipinski definition) is 1. The Balaban J connectivity index is 2.37. The highest BCUT2D eigenvalue weighted by Gasteiger charge is 2.12. The predicted octanol–water partition coefficient (Wildman–Crippen LogP) is 1.24. The van der Waals surface area contributed by atoms with Crippen molar-refractivity contribution < 1.29 is 4.79 Å². The molecule has 0 aromatic carbocycles. The zero-order valence-corrected chi connectivity index (χ0v) is 5.95. The van der Waals surface area contributed by atoms with Gasteiger partial charge in [-0.1, -0.05) is 11.6 Å². The first-order valence-electron chi connectivity index (χ1n) is 3.22. The van der Waals surface area contributed by atoms with Crippen LogP contribution in [0.3, 0.4) is 0 Å². The molecule has 52 valence electrons. The van der Waals surface area contributed by atoms with Gasteiger partial charge in [-0.15, -0.1) is 0 Å². The van der Waals surface area contributed by atoms with Crippen LogP contribution in [0.15, 0.2) is 0 Å². The minimum Gasteiger partial charge on any atom is -0.340 e. The second-order valence-corrected chi connectivity index (χ2v) is 2.81. The molecular weight excluding hydrogens is 138 g/mol. The molecule has 3 heteroatoms. The van der Waals surface area contributed by atoms with E-state index in [9.17, 15) is 4.79 Å². The molecule has 0 spiro atoms. The average molecular weight is 148 g/mol. The zero-order valence-electron chi connectivity index (χ0n) is 5.19. The summed E-state index contributed by atoms with van der Waals surface area (Å²) in [6.45, 7) is 0. The van der Waals surface area contributed by atoms with Gasteiger partial charge in [0.25, 0.3) is 0 Å². The van der Waals surface area contributed by atoms with E-state index in [1.807, 2.05) is 0 Å². The number of alkyl halides is 1. The lowest BCUT2D eigenvalue weighted by Gasteiger charge is -2.04. The largest absolute Gasteiger partial charge is 0.340 e. The molecule has 1 N–H and O–H groups in total. The second kappa shape index (κ2) is 3.06. The molecule has 1 aliphatic rings. The summed E-state index contributed by atoms with van der Waals surface area (Å²) < 4.78 is 0. The molecule has 9 heavy (non-hydrogen) atoms. The van der Waals surface area contributed by atoms with Gasteiger partial charge >= 0.3 is 0 Å². The van der Waals surface area contributed by atoms with Gasteiger partial charge in [-0.05, 0) is 19.3 Å². The Morgan fingerprint density at radius 1 is 1.56 bits per heavy atom. The van der Waals surface area contributed by atoms with E-state index in [-0.39, 0.29) is 11.4 Å². The van der Waals surface area contributed by atoms with E-state index in [4.69, 9.17) is 11.6 Å². The molecule has 0 bridgehead atoms. The lowest BCUT2D eigenvalue weighted by molar-refractivity contribution is -0.121. The summed E-state index contributed by atoms with van der Waals surface area (Å²) in [5, 5.41) is 2.67. The Morgan fingerprint density at radius 3 is 3.11 bits per heavy atom. The highest BCUT2D eigenvalue weighted by Crippen LogP contribution is 2.10. The lowest BCUT2D eigenvalue weighted by Crippen LogP contribution is -2.27. The highest BCUT2D eigenvalue weighted by atomic mass is 35.5. The van der Waals surface area contributed by atoms with E-state index in [0.29, 0.717) is 6.42 Å². The van der Waals surface area contributed by atoms with E-state index in [1.165, 1.54) is 0 Å². The second-order valence-electron chi connectivity index (χ2n) is 2.28. The van der Waals surface area contributed by atoms with Gasteiger partial charge in [0.05, 0.1) is 0 Å². The molecule has 0 saturated carbocycles. The third-order valence-electron chi connectivity index (χ3n) is 1.43. The van der Waals surface area contributed by atoms with Crippen molar-refractivity contribution in [3.05, 3.63) is 0 Å². The van der Waals surface area contributed by atoms with Crippen molar-refractivity contribution in [2.75, 3.05) is 0 Å². The molecule has 0 aliphatic carbocycles. The minimum atomic E-state index is -0.125. The van der Waals surface area contributed by atoms with E-state index in [2.05, 4.69) is 5.32 Å². The van der Waals surface area contributed by atoms with Crippen molar-refractivity contribution in [1.29, 1.82) is 0 Å². The number of hydrogen-bond acceptors (Lipinski definition) is 1. The van der Waals surface area contributed by atoms with Gasteiger partial charge in [0.2, 0.25) is 5.91 Å². The number of amides is 1. The Kier molecular flexibility index (Phi) is 2.34. The topological polar surface area (TPSA) is 29.1 Å². The van der Waals surface area contributed by atoms with Crippen LogP contribution in [0.25, 0.3) is 0 Å². The van der Waals surface area contributed by atoms with Gasteiger partial charge in [-0.3, -0.25) is 4.79 Å². The number of carbonyl (C=O) groups excluding carboxylic acids is 1. The van der Waals surface area contributed by atoms with Crippen molar-refractivity contribution in [1.82, 2.24) is 5.32 Å². The SMILES string of the molecule is O=C1CCCC[C@H](Cl)N1. The predicted molar refractivity (Wildman–Crippen MR) is 36.3 cm³/mol. The molecule has 0 unspecified atom stereocenters. The standard InChI is InChI=1S/C6H10ClNO/c7-5-3-1-2-4-6(9)8-5/h5H,1-4H2,(H,8,9)/t5-/m1/s1. The first-order valence-corrected chi connectivity index (χ1v) is 3.66. The van der Waals surface area contributed by atoms with Crippen molar-refractivity contribution in [3.8, 4) is 0 Å². The van der Waals surface area contributed by atoms with E-state index < -0.39 is 0 Å². The summed E-state index contributed by atoms with van der Waals surface area (Å²) in [6, 6.07) is 0. The zero-order chi connectivity index (χ0) is 6.69. The van der Waals surface area contributed by atoms with Crippen LogP contribution < -0.4 is 5.32 Å². The molecule has 1 aliphatic heterocycles. The molecule has 1 amide bonds. The summed E-state index contributed by atoms with van der Waals surface area (Å²) >= 11 is 5.68. The third kappa shape index (κ3) is 2.22. The van der Waals surface area contributed by atoms with Crippen LogP contribution in [-0.2, 0) is 4.79 Å². The number of halogens is 1. The molecule has 1 heterocycles. The fourth-order valence-electron chi connectivity index (χ4n) is 0.928. The summed E-state index contributed by atoms with van der Waals surface area (Å²) in [5.74, 6) is 0.0903. The maximum absolute atomic E-state index is 10.7. The number of rotatable bonds is 0. The van der Waals surface area contributed by atoms with Crippen molar-refractivity contribution in [3.63, 3.8) is 0 Å². The van der Waals surface area contributed by atoms with Gasteiger partial charge in [0.1, 0.15) is 5.50 Å². The third-order valence-corrected chi connectivity index (χ3v) is 1.76. The van der Waals surface area contributed by atoms with Crippen molar-refractivity contribution >= 4 is 17.5 Å². The molecule has 1 rings (SSSR count).